The molecular formula is C15H18N2O4. The van der Waals surface area contributed by atoms with E-state index in [0.29, 0.717) is 5.56 Å². The minimum atomic E-state index is -0.921. The van der Waals surface area contributed by atoms with Crippen LogP contribution >= 0.6 is 0 Å². The number of carboxylic acids is 1. The summed E-state index contributed by atoms with van der Waals surface area (Å²) in [6.07, 6.45) is 0. The number of rotatable bonds is 3. The number of hydrogen-bond donors (Lipinski definition) is 2. The van der Waals surface area contributed by atoms with E-state index in [1.54, 1.807) is 13.1 Å². The monoisotopic (exact) mass is 290 g/mol. The molecule has 2 heterocycles. The van der Waals surface area contributed by atoms with Gasteiger partial charge < -0.3 is 20.1 Å². The number of amides is 1. The molecule has 1 amide bonds. The van der Waals surface area contributed by atoms with Crippen LogP contribution in [0.1, 0.15) is 21.5 Å². The van der Waals surface area contributed by atoms with Crippen molar-refractivity contribution in [2.24, 2.45) is 5.92 Å². The molecule has 6 nitrogen and oxygen atoms in total. The number of likely N-dealkylation sites (N-methyl/N-ethyl adjacent to an activating group) is 1. The van der Waals surface area contributed by atoms with E-state index in [0.717, 1.165) is 18.7 Å². The van der Waals surface area contributed by atoms with Crippen molar-refractivity contribution >= 4 is 11.9 Å². The zero-order chi connectivity index (χ0) is 15.0. The molecule has 2 unspecified atom stereocenters. The maximum atomic E-state index is 12.6. The highest BCUT2D eigenvalue weighted by molar-refractivity contribution is 5.95. The maximum absolute atomic E-state index is 12.6. The third kappa shape index (κ3) is 2.52. The number of ether oxygens (including phenoxy) is 1. The number of nitrogens with one attached hydrogen (secondary N) is 1. The second-order valence-electron chi connectivity index (χ2n) is 5.55. The molecule has 2 N–H and O–H groups in total. The lowest BCUT2D eigenvalue weighted by Gasteiger charge is -2.26. The number of fused-ring (bicyclic) bond motifs is 1. The van der Waals surface area contributed by atoms with Crippen LogP contribution in [-0.2, 0) is 22.6 Å². The molecule has 0 bridgehead atoms. The van der Waals surface area contributed by atoms with Crippen molar-refractivity contribution in [3.05, 3.63) is 34.9 Å². The topological polar surface area (TPSA) is 78.9 Å². The summed E-state index contributed by atoms with van der Waals surface area (Å²) >= 11 is 0. The van der Waals surface area contributed by atoms with Gasteiger partial charge in [0.05, 0.1) is 19.3 Å². The highest BCUT2D eigenvalue weighted by Gasteiger charge is 2.38. The number of hydrogen-bond acceptors (Lipinski definition) is 4. The Hall–Kier alpha value is -1.92. The van der Waals surface area contributed by atoms with Crippen molar-refractivity contribution < 1.29 is 19.4 Å². The molecule has 1 fully saturated rings. The standard InChI is InChI=1S/C15H18N2O4/c1-17(13-8-21-7-12(13)15(19)20)14(18)9-2-3-10-5-16-6-11(10)4-9/h2-4,12-13,16H,5-8H2,1H3,(H,19,20). The predicted molar refractivity (Wildman–Crippen MR) is 74.8 cm³/mol. The zero-order valence-corrected chi connectivity index (χ0v) is 11.8. The molecule has 0 radical (unpaired) electrons. The summed E-state index contributed by atoms with van der Waals surface area (Å²) in [5.74, 6) is -1.74. The van der Waals surface area contributed by atoms with Crippen LogP contribution in [0.2, 0.25) is 0 Å². The summed E-state index contributed by atoms with van der Waals surface area (Å²) in [5.41, 5.74) is 2.93. The number of carboxylic acid groups (broad SMARTS) is 1. The quantitative estimate of drug-likeness (QED) is 0.845. The van der Waals surface area contributed by atoms with Crippen molar-refractivity contribution in [1.82, 2.24) is 10.2 Å². The van der Waals surface area contributed by atoms with E-state index in [2.05, 4.69) is 5.32 Å². The van der Waals surface area contributed by atoms with Crippen molar-refractivity contribution in [3.8, 4) is 0 Å². The van der Waals surface area contributed by atoms with E-state index in [9.17, 15) is 14.7 Å². The van der Waals surface area contributed by atoms with E-state index in [1.807, 2.05) is 12.1 Å². The first-order chi connectivity index (χ1) is 10.1. The molecule has 1 aromatic carbocycles. The van der Waals surface area contributed by atoms with Gasteiger partial charge in [-0.3, -0.25) is 9.59 Å². The van der Waals surface area contributed by atoms with Crippen LogP contribution in [0.3, 0.4) is 0 Å². The Bertz CT molecular complexity index is 587. The molecule has 21 heavy (non-hydrogen) atoms. The molecule has 2 aliphatic heterocycles. The Balaban J connectivity index is 1.79. The molecule has 0 aliphatic carbocycles. The van der Waals surface area contributed by atoms with Crippen molar-refractivity contribution in [2.45, 2.75) is 19.1 Å². The largest absolute Gasteiger partial charge is 0.481 e. The van der Waals surface area contributed by atoms with Crippen LogP contribution in [0.25, 0.3) is 0 Å². The van der Waals surface area contributed by atoms with Gasteiger partial charge in [0.1, 0.15) is 5.92 Å². The molecule has 0 spiro atoms. The second-order valence-corrected chi connectivity index (χ2v) is 5.55. The SMILES string of the molecule is CN(C(=O)c1ccc2c(c1)CNC2)C1COCC1C(=O)O. The Morgan fingerprint density at radius 1 is 1.29 bits per heavy atom. The average Bonchev–Trinajstić information content (AvgIpc) is 3.13. The van der Waals surface area contributed by atoms with Gasteiger partial charge in [-0.15, -0.1) is 0 Å². The molecule has 1 aromatic rings. The maximum Gasteiger partial charge on any atom is 0.311 e. The number of nitrogens with zero attached hydrogens (tertiary/aromatic N) is 1. The van der Waals surface area contributed by atoms with Crippen LogP contribution < -0.4 is 5.32 Å². The Labute approximate surface area is 122 Å². The Morgan fingerprint density at radius 2 is 2.05 bits per heavy atom. The minimum absolute atomic E-state index is 0.158. The summed E-state index contributed by atoms with van der Waals surface area (Å²) in [7, 11) is 1.64. The Morgan fingerprint density at radius 3 is 2.81 bits per heavy atom. The lowest BCUT2D eigenvalue weighted by molar-refractivity contribution is -0.142. The predicted octanol–water partition coefficient (Wildman–Crippen LogP) is 0.461. The van der Waals surface area contributed by atoms with Gasteiger partial charge in [-0.2, -0.15) is 0 Å². The van der Waals surface area contributed by atoms with Crippen LogP contribution in [-0.4, -0.2) is 48.2 Å². The zero-order valence-electron chi connectivity index (χ0n) is 11.8. The summed E-state index contributed by atoms with van der Waals surface area (Å²) in [4.78, 5) is 25.3. The van der Waals surface area contributed by atoms with Crippen LogP contribution in [0.4, 0.5) is 0 Å². The lowest BCUT2D eigenvalue weighted by atomic mass is 10.0. The normalized spacial score (nSPS) is 23.9. The van der Waals surface area contributed by atoms with E-state index in [-0.39, 0.29) is 19.1 Å². The summed E-state index contributed by atoms with van der Waals surface area (Å²) in [5, 5.41) is 12.4. The molecule has 2 aliphatic rings. The van der Waals surface area contributed by atoms with Crippen LogP contribution in [0.15, 0.2) is 18.2 Å². The first-order valence-electron chi connectivity index (χ1n) is 6.98. The third-order valence-electron chi connectivity index (χ3n) is 4.27. The first kappa shape index (κ1) is 14.0. The van der Waals surface area contributed by atoms with Gasteiger partial charge in [-0.05, 0) is 23.3 Å². The molecule has 6 heteroatoms. The molecular weight excluding hydrogens is 272 g/mol. The Kier molecular flexibility index (Phi) is 3.65. The smallest absolute Gasteiger partial charge is 0.311 e. The number of benzene rings is 1. The molecule has 112 valence electrons. The van der Waals surface area contributed by atoms with E-state index >= 15 is 0 Å². The van der Waals surface area contributed by atoms with Crippen LogP contribution in [0.5, 0.6) is 0 Å². The van der Waals surface area contributed by atoms with Gasteiger partial charge in [0.2, 0.25) is 0 Å². The molecule has 1 saturated heterocycles. The third-order valence-corrected chi connectivity index (χ3v) is 4.27. The van der Waals surface area contributed by atoms with Gasteiger partial charge >= 0.3 is 5.97 Å². The highest BCUT2D eigenvalue weighted by atomic mass is 16.5. The van der Waals surface area contributed by atoms with E-state index in [4.69, 9.17) is 4.74 Å². The van der Waals surface area contributed by atoms with Gasteiger partial charge in [-0.25, -0.2) is 0 Å². The van der Waals surface area contributed by atoms with Crippen LogP contribution in [0, 0.1) is 5.92 Å². The molecule has 0 aromatic heterocycles. The van der Waals surface area contributed by atoms with Crippen molar-refractivity contribution in [2.75, 3.05) is 20.3 Å². The van der Waals surface area contributed by atoms with E-state index < -0.39 is 17.9 Å². The summed E-state index contributed by atoms with van der Waals surface area (Å²) < 4.78 is 5.23. The average molecular weight is 290 g/mol. The van der Waals surface area contributed by atoms with E-state index in [1.165, 1.54) is 10.5 Å². The van der Waals surface area contributed by atoms with Gasteiger partial charge in [0.25, 0.3) is 5.91 Å². The number of aliphatic carboxylic acids is 1. The molecule has 2 atom stereocenters. The summed E-state index contributed by atoms with van der Waals surface area (Å²) in [6, 6.07) is 5.23. The van der Waals surface area contributed by atoms with Gasteiger partial charge in [-0.1, -0.05) is 6.07 Å². The number of carbonyl (C=O) groups excluding carboxylic acids is 1. The van der Waals surface area contributed by atoms with Crippen molar-refractivity contribution in [3.63, 3.8) is 0 Å². The highest BCUT2D eigenvalue weighted by Crippen LogP contribution is 2.22. The fourth-order valence-corrected chi connectivity index (χ4v) is 2.94. The molecule has 0 saturated carbocycles. The number of carbonyl (C=O) groups is 2. The summed E-state index contributed by atoms with van der Waals surface area (Å²) in [6.45, 7) is 2.03. The fourth-order valence-electron chi connectivity index (χ4n) is 2.94. The molecule has 3 rings (SSSR count). The van der Waals surface area contributed by atoms with Gasteiger partial charge in [0, 0.05) is 25.7 Å². The lowest BCUT2D eigenvalue weighted by Crippen LogP contribution is -2.44. The first-order valence-corrected chi connectivity index (χ1v) is 6.98. The van der Waals surface area contributed by atoms with Crippen molar-refractivity contribution in [1.29, 1.82) is 0 Å². The fraction of sp³-hybridized carbons (Fsp3) is 0.467. The van der Waals surface area contributed by atoms with Gasteiger partial charge in [0.15, 0.2) is 0 Å². The minimum Gasteiger partial charge on any atom is -0.481 e. The second kappa shape index (κ2) is 5.46.